The molecule has 4 nitrogen and oxygen atoms in total. The predicted molar refractivity (Wildman–Crippen MR) is 95.6 cm³/mol. The average molecular weight is 330 g/mol. The Bertz CT molecular complexity index is 608. The molecule has 0 aliphatic carbocycles. The van der Waals surface area contributed by atoms with Crippen LogP contribution in [0.2, 0.25) is 0 Å². The van der Waals surface area contributed by atoms with Crippen molar-refractivity contribution in [3.63, 3.8) is 0 Å². The maximum Gasteiger partial charge on any atom is 0.161 e. The van der Waals surface area contributed by atoms with Crippen LogP contribution in [0.3, 0.4) is 0 Å². The maximum atomic E-state index is 5.78. The van der Waals surface area contributed by atoms with E-state index in [1.54, 1.807) is 7.11 Å². The van der Waals surface area contributed by atoms with Gasteiger partial charge in [0.15, 0.2) is 11.5 Å². The van der Waals surface area contributed by atoms with Gasteiger partial charge < -0.3 is 18.9 Å². The zero-order chi connectivity index (χ0) is 17.2. The molecule has 2 aromatic rings. The van der Waals surface area contributed by atoms with Crippen LogP contribution in [0.25, 0.3) is 0 Å². The molecule has 0 atom stereocenters. The highest BCUT2D eigenvalue weighted by Crippen LogP contribution is 2.27. The molecule has 0 saturated carbocycles. The number of benzene rings is 2. The number of methoxy groups -OCH3 is 1. The summed E-state index contributed by atoms with van der Waals surface area (Å²) in [5.74, 6) is 3.29. The number of hydrogen-bond acceptors (Lipinski definition) is 4. The highest BCUT2D eigenvalue weighted by atomic mass is 16.5. The molecule has 0 spiro atoms. The van der Waals surface area contributed by atoms with Crippen LogP contribution >= 0.6 is 0 Å². The number of rotatable bonds is 10. The second kappa shape index (κ2) is 9.71. The quantitative estimate of drug-likeness (QED) is 0.595. The minimum Gasteiger partial charge on any atom is -0.494 e. The molecule has 0 radical (unpaired) electrons. The predicted octanol–water partition coefficient (Wildman–Crippen LogP) is 4.64. The normalized spacial score (nSPS) is 10.3. The second-order valence-electron chi connectivity index (χ2n) is 5.46. The van der Waals surface area contributed by atoms with Crippen LogP contribution in [-0.2, 0) is 0 Å². The van der Waals surface area contributed by atoms with Crippen LogP contribution in [0.5, 0.6) is 23.0 Å². The molecule has 4 heteroatoms. The summed E-state index contributed by atoms with van der Waals surface area (Å²) in [5, 5.41) is 0. The summed E-state index contributed by atoms with van der Waals surface area (Å²) in [5.41, 5.74) is 1.16. The van der Waals surface area contributed by atoms with Gasteiger partial charge in [0.05, 0.1) is 26.9 Å². The number of hydrogen-bond donors (Lipinski definition) is 0. The van der Waals surface area contributed by atoms with Crippen LogP contribution in [0.1, 0.15) is 25.3 Å². The van der Waals surface area contributed by atoms with E-state index in [-0.39, 0.29) is 0 Å². The Morgan fingerprint density at radius 1 is 0.750 bits per heavy atom. The lowest BCUT2D eigenvalue weighted by atomic mass is 10.2. The third-order valence-electron chi connectivity index (χ3n) is 3.52. The standard InChI is InChI=1S/C20H26O4/c1-4-22-17-8-10-18(11-9-17)23-13-5-6-14-24-19-12-7-16(2)15-20(19)21-3/h7-12,15H,4-6,13-14H2,1-3H3. The third-order valence-corrected chi connectivity index (χ3v) is 3.52. The first-order valence-corrected chi connectivity index (χ1v) is 8.36. The van der Waals surface area contributed by atoms with Crippen molar-refractivity contribution in [2.45, 2.75) is 26.7 Å². The Hall–Kier alpha value is -2.36. The van der Waals surface area contributed by atoms with Gasteiger partial charge in [0.25, 0.3) is 0 Å². The first-order valence-electron chi connectivity index (χ1n) is 8.36. The van der Waals surface area contributed by atoms with E-state index in [9.17, 15) is 0 Å². The van der Waals surface area contributed by atoms with Crippen molar-refractivity contribution in [2.75, 3.05) is 26.9 Å². The summed E-state index contributed by atoms with van der Waals surface area (Å²) >= 11 is 0. The summed E-state index contributed by atoms with van der Waals surface area (Å²) in [7, 11) is 1.66. The molecule has 0 fully saturated rings. The van der Waals surface area contributed by atoms with E-state index in [4.69, 9.17) is 18.9 Å². The molecule has 0 aliphatic rings. The minimum atomic E-state index is 0.645. The molecular formula is C20H26O4. The minimum absolute atomic E-state index is 0.645. The van der Waals surface area contributed by atoms with Crippen molar-refractivity contribution in [1.29, 1.82) is 0 Å². The molecule has 24 heavy (non-hydrogen) atoms. The van der Waals surface area contributed by atoms with Gasteiger partial charge in [-0.1, -0.05) is 6.07 Å². The van der Waals surface area contributed by atoms with Gasteiger partial charge in [-0.2, -0.15) is 0 Å². The van der Waals surface area contributed by atoms with Gasteiger partial charge in [-0.3, -0.25) is 0 Å². The largest absolute Gasteiger partial charge is 0.494 e. The van der Waals surface area contributed by atoms with E-state index in [1.165, 1.54) is 0 Å². The fraction of sp³-hybridized carbons (Fsp3) is 0.400. The van der Waals surface area contributed by atoms with E-state index in [0.29, 0.717) is 19.8 Å². The monoisotopic (exact) mass is 330 g/mol. The Morgan fingerprint density at radius 2 is 1.38 bits per heavy atom. The van der Waals surface area contributed by atoms with Gasteiger partial charge >= 0.3 is 0 Å². The van der Waals surface area contributed by atoms with Gasteiger partial charge in [0.1, 0.15) is 11.5 Å². The molecule has 2 aromatic carbocycles. The third kappa shape index (κ3) is 5.69. The molecule has 0 aromatic heterocycles. The lowest BCUT2D eigenvalue weighted by Gasteiger charge is -2.11. The summed E-state index contributed by atoms with van der Waals surface area (Å²) in [4.78, 5) is 0. The molecule has 0 aliphatic heterocycles. The van der Waals surface area contributed by atoms with Crippen LogP contribution in [0, 0.1) is 6.92 Å². The molecule has 0 saturated heterocycles. The Labute approximate surface area is 144 Å². The smallest absolute Gasteiger partial charge is 0.161 e. The molecule has 2 rings (SSSR count). The van der Waals surface area contributed by atoms with Crippen molar-refractivity contribution < 1.29 is 18.9 Å². The number of unbranched alkanes of at least 4 members (excludes halogenated alkanes) is 1. The van der Waals surface area contributed by atoms with Crippen LogP contribution in [0.15, 0.2) is 42.5 Å². The lowest BCUT2D eigenvalue weighted by molar-refractivity contribution is 0.258. The van der Waals surface area contributed by atoms with Crippen molar-refractivity contribution in [3.8, 4) is 23.0 Å². The van der Waals surface area contributed by atoms with Gasteiger partial charge in [0, 0.05) is 0 Å². The Balaban J connectivity index is 1.65. The molecule has 0 bridgehead atoms. The van der Waals surface area contributed by atoms with Crippen LogP contribution in [-0.4, -0.2) is 26.9 Å². The molecule has 0 heterocycles. The summed E-state index contributed by atoms with van der Waals surface area (Å²) in [6.45, 7) is 5.99. The summed E-state index contributed by atoms with van der Waals surface area (Å²) in [6.07, 6.45) is 1.86. The SMILES string of the molecule is CCOc1ccc(OCCCCOc2ccc(C)cc2OC)cc1. The van der Waals surface area contributed by atoms with E-state index in [0.717, 1.165) is 41.4 Å². The average Bonchev–Trinajstić information content (AvgIpc) is 2.60. The van der Waals surface area contributed by atoms with E-state index in [2.05, 4.69) is 0 Å². The molecular weight excluding hydrogens is 304 g/mol. The Morgan fingerprint density at radius 3 is 2.00 bits per heavy atom. The van der Waals surface area contributed by atoms with E-state index >= 15 is 0 Å². The second-order valence-corrected chi connectivity index (χ2v) is 5.46. The van der Waals surface area contributed by atoms with Crippen molar-refractivity contribution in [1.82, 2.24) is 0 Å². The highest BCUT2D eigenvalue weighted by molar-refractivity contribution is 5.42. The van der Waals surface area contributed by atoms with Crippen molar-refractivity contribution >= 4 is 0 Å². The van der Waals surface area contributed by atoms with Crippen LogP contribution in [0.4, 0.5) is 0 Å². The molecule has 0 N–H and O–H groups in total. The Kier molecular flexibility index (Phi) is 7.27. The first-order chi connectivity index (χ1) is 11.7. The van der Waals surface area contributed by atoms with Crippen molar-refractivity contribution in [3.05, 3.63) is 48.0 Å². The van der Waals surface area contributed by atoms with Crippen LogP contribution < -0.4 is 18.9 Å². The summed E-state index contributed by atoms with van der Waals surface area (Å²) in [6, 6.07) is 13.6. The molecule has 0 amide bonds. The van der Waals surface area contributed by atoms with E-state index < -0.39 is 0 Å². The zero-order valence-electron chi connectivity index (χ0n) is 14.7. The van der Waals surface area contributed by atoms with Gasteiger partial charge in [-0.25, -0.2) is 0 Å². The molecule has 0 unspecified atom stereocenters. The van der Waals surface area contributed by atoms with Crippen molar-refractivity contribution in [2.24, 2.45) is 0 Å². The lowest BCUT2D eigenvalue weighted by Crippen LogP contribution is -2.03. The summed E-state index contributed by atoms with van der Waals surface area (Å²) < 4.78 is 22.2. The first kappa shape index (κ1) is 18.0. The van der Waals surface area contributed by atoms with E-state index in [1.807, 2.05) is 56.3 Å². The van der Waals surface area contributed by atoms with Gasteiger partial charge in [0.2, 0.25) is 0 Å². The molecule has 130 valence electrons. The fourth-order valence-electron chi connectivity index (χ4n) is 2.27. The topological polar surface area (TPSA) is 36.9 Å². The zero-order valence-corrected chi connectivity index (χ0v) is 14.7. The van der Waals surface area contributed by atoms with Gasteiger partial charge in [-0.15, -0.1) is 0 Å². The number of ether oxygens (including phenoxy) is 4. The number of aryl methyl sites for hydroxylation is 1. The highest BCUT2D eigenvalue weighted by Gasteiger charge is 2.04. The fourth-order valence-corrected chi connectivity index (χ4v) is 2.27. The maximum absolute atomic E-state index is 5.78. The van der Waals surface area contributed by atoms with Gasteiger partial charge in [-0.05, 0) is 68.7 Å².